The van der Waals surface area contributed by atoms with Crippen molar-refractivity contribution in [3.63, 3.8) is 0 Å². The van der Waals surface area contributed by atoms with Gasteiger partial charge in [-0.15, -0.1) is 0 Å². The maximum Gasteiger partial charge on any atom is 0.255 e. The van der Waals surface area contributed by atoms with Crippen LogP contribution in [0.2, 0.25) is 0 Å². The lowest BCUT2D eigenvalue weighted by Gasteiger charge is -2.25. The summed E-state index contributed by atoms with van der Waals surface area (Å²) in [6.45, 7) is 3.18. The normalized spacial score (nSPS) is 16.4. The van der Waals surface area contributed by atoms with Crippen molar-refractivity contribution in [1.29, 1.82) is 0 Å². The Labute approximate surface area is 153 Å². The molecule has 2 heterocycles. The molecule has 0 saturated carbocycles. The Kier molecular flexibility index (Phi) is 5.61. The number of pyridine rings is 1. The van der Waals surface area contributed by atoms with Gasteiger partial charge in [0.15, 0.2) is 11.5 Å². The van der Waals surface area contributed by atoms with Crippen molar-refractivity contribution in [2.24, 2.45) is 0 Å². The van der Waals surface area contributed by atoms with Gasteiger partial charge < -0.3 is 19.1 Å². The van der Waals surface area contributed by atoms with Crippen molar-refractivity contribution >= 4 is 5.91 Å². The first-order chi connectivity index (χ1) is 12.7. The Morgan fingerprint density at radius 2 is 2.00 bits per heavy atom. The number of likely N-dealkylation sites (tertiary alicyclic amines) is 1. The van der Waals surface area contributed by atoms with Gasteiger partial charge in [-0.3, -0.25) is 4.79 Å². The van der Waals surface area contributed by atoms with E-state index in [0.29, 0.717) is 29.5 Å². The molecule has 1 aromatic heterocycles. The smallest absolute Gasteiger partial charge is 0.255 e. The summed E-state index contributed by atoms with van der Waals surface area (Å²) in [6.07, 6.45) is 3.47. The first kappa shape index (κ1) is 18.0. The van der Waals surface area contributed by atoms with Gasteiger partial charge >= 0.3 is 0 Å². The third-order valence-electron chi connectivity index (χ3n) is 4.58. The van der Waals surface area contributed by atoms with Crippen molar-refractivity contribution in [2.75, 3.05) is 27.4 Å². The highest BCUT2D eigenvalue weighted by molar-refractivity contribution is 5.94. The molecular formula is C20H24N2O4. The Balaban J connectivity index is 1.82. The highest BCUT2D eigenvalue weighted by Gasteiger charge is 2.31. The summed E-state index contributed by atoms with van der Waals surface area (Å²) in [6, 6.07) is 9.35. The molecule has 1 amide bonds. The van der Waals surface area contributed by atoms with Gasteiger partial charge in [-0.05, 0) is 43.5 Å². The maximum atomic E-state index is 13.0. The quantitative estimate of drug-likeness (QED) is 0.793. The molecule has 6 nitrogen and oxygen atoms in total. The lowest BCUT2D eigenvalue weighted by atomic mass is 10.0. The number of ether oxygens (including phenoxy) is 3. The van der Waals surface area contributed by atoms with Gasteiger partial charge in [-0.25, -0.2) is 4.98 Å². The number of hydrogen-bond acceptors (Lipinski definition) is 5. The molecule has 6 heteroatoms. The van der Waals surface area contributed by atoms with Crippen LogP contribution >= 0.6 is 0 Å². The molecule has 0 spiro atoms. The zero-order valence-electron chi connectivity index (χ0n) is 15.4. The number of rotatable bonds is 6. The van der Waals surface area contributed by atoms with E-state index >= 15 is 0 Å². The number of nitrogens with zero attached hydrogens (tertiary/aromatic N) is 2. The molecule has 2 aromatic rings. The highest BCUT2D eigenvalue weighted by Crippen LogP contribution is 2.37. The van der Waals surface area contributed by atoms with Crippen molar-refractivity contribution in [3.05, 3.63) is 47.7 Å². The van der Waals surface area contributed by atoms with Crippen LogP contribution in [0.4, 0.5) is 0 Å². The monoisotopic (exact) mass is 356 g/mol. The maximum absolute atomic E-state index is 13.0. The molecule has 1 aliphatic rings. The number of amides is 1. The fraction of sp³-hybridized carbons (Fsp3) is 0.400. The van der Waals surface area contributed by atoms with E-state index in [9.17, 15) is 4.79 Å². The topological polar surface area (TPSA) is 60.9 Å². The van der Waals surface area contributed by atoms with E-state index < -0.39 is 0 Å². The molecule has 1 fully saturated rings. The van der Waals surface area contributed by atoms with E-state index in [4.69, 9.17) is 14.2 Å². The fourth-order valence-corrected chi connectivity index (χ4v) is 3.32. The molecule has 1 atom stereocenters. The Morgan fingerprint density at radius 1 is 1.19 bits per heavy atom. The number of aromatic nitrogens is 1. The summed E-state index contributed by atoms with van der Waals surface area (Å²) in [4.78, 5) is 19.1. The Morgan fingerprint density at radius 3 is 2.65 bits per heavy atom. The van der Waals surface area contributed by atoms with E-state index in [0.717, 1.165) is 24.9 Å². The first-order valence-electron chi connectivity index (χ1n) is 8.79. The van der Waals surface area contributed by atoms with Gasteiger partial charge in [0.1, 0.15) is 0 Å². The molecule has 0 bridgehead atoms. The largest absolute Gasteiger partial charge is 0.493 e. The van der Waals surface area contributed by atoms with E-state index in [1.54, 1.807) is 32.5 Å². The minimum absolute atomic E-state index is 0.0159. The lowest BCUT2D eigenvalue weighted by Crippen LogP contribution is -2.30. The van der Waals surface area contributed by atoms with Gasteiger partial charge in [-0.2, -0.15) is 0 Å². The summed E-state index contributed by atoms with van der Waals surface area (Å²) in [7, 11) is 3.23. The van der Waals surface area contributed by atoms with Crippen LogP contribution in [-0.4, -0.2) is 43.2 Å². The molecule has 1 aromatic carbocycles. The summed E-state index contributed by atoms with van der Waals surface area (Å²) >= 11 is 0. The van der Waals surface area contributed by atoms with Crippen molar-refractivity contribution in [2.45, 2.75) is 25.8 Å². The lowest BCUT2D eigenvalue weighted by molar-refractivity contribution is 0.0735. The zero-order valence-corrected chi connectivity index (χ0v) is 15.4. The second-order valence-electron chi connectivity index (χ2n) is 6.09. The van der Waals surface area contributed by atoms with Crippen LogP contribution in [-0.2, 0) is 0 Å². The fourth-order valence-electron chi connectivity index (χ4n) is 3.32. The number of carbonyl (C=O) groups is 1. The van der Waals surface area contributed by atoms with Gasteiger partial charge in [0.25, 0.3) is 5.91 Å². The van der Waals surface area contributed by atoms with Crippen LogP contribution in [0.25, 0.3) is 0 Å². The van der Waals surface area contributed by atoms with Crippen molar-refractivity contribution in [1.82, 2.24) is 9.88 Å². The van der Waals surface area contributed by atoms with Gasteiger partial charge in [0, 0.05) is 18.8 Å². The van der Waals surface area contributed by atoms with E-state index in [1.807, 2.05) is 30.0 Å². The zero-order chi connectivity index (χ0) is 18.5. The molecule has 138 valence electrons. The van der Waals surface area contributed by atoms with Gasteiger partial charge in [0.05, 0.1) is 32.4 Å². The molecule has 3 rings (SSSR count). The third-order valence-corrected chi connectivity index (χ3v) is 4.58. The standard InChI is InChI=1S/C20H24N2O4/c1-4-26-19-10-8-15(13-21-19)20(23)22-11-5-6-16(22)14-7-9-17(24-2)18(12-14)25-3/h7-10,12-13,16H,4-6,11H2,1-3H3. The molecule has 0 radical (unpaired) electrons. The van der Waals surface area contributed by atoms with Crippen LogP contribution in [0, 0.1) is 0 Å². The molecule has 1 unspecified atom stereocenters. The highest BCUT2D eigenvalue weighted by atomic mass is 16.5. The SMILES string of the molecule is CCOc1ccc(C(=O)N2CCCC2c2ccc(OC)c(OC)c2)cn1. The van der Waals surface area contributed by atoms with E-state index in [2.05, 4.69) is 4.98 Å². The minimum Gasteiger partial charge on any atom is -0.493 e. The van der Waals surface area contributed by atoms with E-state index in [-0.39, 0.29) is 11.9 Å². The number of benzene rings is 1. The van der Waals surface area contributed by atoms with Crippen LogP contribution in [0.15, 0.2) is 36.5 Å². The molecule has 1 aliphatic heterocycles. The van der Waals surface area contributed by atoms with Crippen LogP contribution in [0.3, 0.4) is 0 Å². The van der Waals surface area contributed by atoms with Gasteiger partial charge in [0.2, 0.25) is 5.88 Å². The minimum atomic E-state index is -0.0159. The Bertz CT molecular complexity index is 761. The van der Waals surface area contributed by atoms with Crippen molar-refractivity contribution < 1.29 is 19.0 Å². The van der Waals surface area contributed by atoms with Crippen LogP contribution in [0.1, 0.15) is 41.7 Å². The first-order valence-corrected chi connectivity index (χ1v) is 8.79. The number of hydrogen-bond donors (Lipinski definition) is 0. The average molecular weight is 356 g/mol. The molecule has 1 saturated heterocycles. The molecule has 26 heavy (non-hydrogen) atoms. The second kappa shape index (κ2) is 8.08. The summed E-state index contributed by atoms with van der Waals surface area (Å²) in [5, 5.41) is 0. The predicted molar refractivity (Wildman–Crippen MR) is 98.0 cm³/mol. The summed E-state index contributed by atoms with van der Waals surface area (Å²) in [5.41, 5.74) is 1.62. The van der Waals surface area contributed by atoms with Gasteiger partial charge in [-0.1, -0.05) is 6.07 Å². The summed E-state index contributed by atoms with van der Waals surface area (Å²) < 4.78 is 16.0. The Hall–Kier alpha value is -2.76. The van der Waals surface area contributed by atoms with Crippen LogP contribution in [0.5, 0.6) is 17.4 Å². The van der Waals surface area contributed by atoms with Crippen molar-refractivity contribution in [3.8, 4) is 17.4 Å². The average Bonchev–Trinajstić information content (AvgIpc) is 3.17. The van der Waals surface area contributed by atoms with Crippen LogP contribution < -0.4 is 14.2 Å². The second-order valence-corrected chi connectivity index (χ2v) is 6.09. The van der Waals surface area contributed by atoms with E-state index in [1.165, 1.54) is 0 Å². The molecule has 0 N–H and O–H groups in total. The molecular weight excluding hydrogens is 332 g/mol. The summed E-state index contributed by atoms with van der Waals surface area (Å²) in [5.74, 6) is 1.87. The number of carbonyl (C=O) groups excluding carboxylic acids is 1. The number of methoxy groups -OCH3 is 2. The third kappa shape index (κ3) is 3.59. The predicted octanol–water partition coefficient (Wildman–Crippen LogP) is 3.47. The molecule has 0 aliphatic carbocycles.